The van der Waals surface area contributed by atoms with Gasteiger partial charge < -0.3 is 5.11 Å². The van der Waals surface area contributed by atoms with Gasteiger partial charge in [-0.15, -0.1) is 0 Å². The molecule has 94 valence electrons. The van der Waals surface area contributed by atoms with Gasteiger partial charge in [0.25, 0.3) is 0 Å². The third-order valence-corrected chi connectivity index (χ3v) is 2.45. The quantitative estimate of drug-likeness (QED) is 0.895. The Labute approximate surface area is 101 Å². The van der Waals surface area contributed by atoms with E-state index < -0.39 is 17.8 Å². The summed E-state index contributed by atoms with van der Waals surface area (Å²) in [5.74, 6) is 0. The molecule has 0 aliphatic carbocycles. The smallest absolute Gasteiger partial charge is 0.382 e. The molecule has 0 radical (unpaired) electrons. The summed E-state index contributed by atoms with van der Waals surface area (Å²) < 4.78 is 38.3. The molecule has 0 aliphatic rings. The monoisotopic (exact) mass is 254 g/mol. The third kappa shape index (κ3) is 2.48. The van der Waals surface area contributed by atoms with Crippen molar-refractivity contribution >= 4 is 0 Å². The first-order valence-corrected chi connectivity index (χ1v) is 5.10. The molecule has 6 heteroatoms. The highest BCUT2D eigenvalue weighted by Gasteiger charge is 2.35. The number of nitrogens with zero attached hydrogens (tertiary/aromatic N) is 2. The van der Waals surface area contributed by atoms with Gasteiger partial charge in [0, 0.05) is 6.20 Å². The van der Waals surface area contributed by atoms with E-state index in [0.29, 0.717) is 0 Å². The second-order valence-electron chi connectivity index (χ2n) is 3.62. The summed E-state index contributed by atoms with van der Waals surface area (Å²) in [5.41, 5.74) is -0.957. The summed E-state index contributed by atoms with van der Waals surface area (Å²) in [4.78, 5) is 7.40. The minimum Gasteiger partial charge on any atom is -0.382 e. The zero-order chi connectivity index (χ0) is 13.2. The van der Waals surface area contributed by atoms with Crippen LogP contribution in [0.1, 0.15) is 22.9 Å². The summed E-state index contributed by atoms with van der Waals surface area (Å²) in [6.45, 7) is 0. The predicted octanol–water partition coefficient (Wildman–Crippen LogP) is 2.58. The lowest BCUT2D eigenvalue weighted by atomic mass is 10.00. The summed E-state index contributed by atoms with van der Waals surface area (Å²) in [7, 11) is 0. The van der Waals surface area contributed by atoms with Gasteiger partial charge in [-0.1, -0.05) is 18.2 Å². The van der Waals surface area contributed by atoms with Crippen LogP contribution in [0.25, 0.3) is 0 Å². The zero-order valence-electron chi connectivity index (χ0n) is 9.09. The minimum atomic E-state index is -4.51. The average molecular weight is 254 g/mol. The maximum Gasteiger partial charge on any atom is 0.416 e. The van der Waals surface area contributed by atoms with Gasteiger partial charge in [-0.2, -0.15) is 13.2 Å². The van der Waals surface area contributed by atoms with Crippen molar-refractivity contribution in [1.29, 1.82) is 0 Å². The Morgan fingerprint density at radius 1 is 1.11 bits per heavy atom. The van der Waals surface area contributed by atoms with Crippen LogP contribution in [0.2, 0.25) is 0 Å². The van der Waals surface area contributed by atoms with E-state index in [0.717, 1.165) is 6.07 Å². The van der Waals surface area contributed by atoms with Crippen molar-refractivity contribution in [2.75, 3.05) is 0 Å². The van der Waals surface area contributed by atoms with Crippen LogP contribution in [0.15, 0.2) is 42.9 Å². The first kappa shape index (κ1) is 12.5. The Bertz CT molecular complexity index is 528. The second kappa shape index (κ2) is 4.73. The predicted molar refractivity (Wildman–Crippen MR) is 57.5 cm³/mol. The van der Waals surface area contributed by atoms with Crippen molar-refractivity contribution in [3.63, 3.8) is 0 Å². The third-order valence-electron chi connectivity index (χ3n) is 2.45. The first-order valence-electron chi connectivity index (χ1n) is 5.10. The van der Waals surface area contributed by atoms with Gasteiger partial charge in [-0.05, 0) is 17.7 Å². The molecule has 0 fully saturated rings. The number of hydrogen-bond donors (Lipinski definition) is 1. The Morgan fingerprint density at radius 2 is 1.83 bits per heavy atom. The van der Waals surface area contributed by atoms with E-state index in [1.165, 1.54) is 36.8 Å². The molecule has 1 heterocycles. The number of aliphatic hydroxyl groups excluding tert-OH is 1. The van der Waals surface area contributed by atoms with E-state index in [-0.39, 0.29) is 11.3 Å². The molecule has 1 atom stereocenters. The summed E-state index contributed by atoms with van der Waals surface area (Å²) in [5, 5.41) is 9.95. The van der Waals surface area contributed by atoms with Crippen LogP contribution in [0.5, 0.6) is 0 Å². The van der Waals surface area contributed by atoms with Gasteiger partial charge in [0.2, 0.25) is 0 Å². The van der Waals surface area contributed by atoms with E-state index >= 15 is 0 Å². The summed E-state index contributed by atoms with van der Waals surface area (Å²) >= 11 is 0. The van der Waals surface area contributed by atoms with Crippen LogP contribution in [0.4, 0.5) is 13.2 Å². The number of benzene rings is 1. The van der Waals surface area contributed by atoms with E-state index in [1.54, 1.807) is 0 Å². The maximum absolute atomic E-state index is 12.8. The van der Waals surface area contributed by atoms with Crippen molar-refractivity contribution in [3.05, 3.63) is 59.7 Å². The standard InChI is InChI=1S/C12H9F3N2O/c13-12(14,15)9-4-2-1-3-8(9)11(18)10-5-6-16-7-17-10/h1-7,11,18H. The average Bonchev–Trinajstić information content (AvgIpc) is 2.38. The molecule has 1 N–H and O–H groups in total. The summed E-state index contributed by atoms with van der Waals surface area (Å²) in [6.07, 6.45) is -3.40. The van der Waals surface area contributed by atoms with Gasteiger partial charge in [0.05, 0.1) is 11.3 Å². The van der Waals surface area contributed by atoms with Gasteiger partial charge in [-0.25, -0.2) is 9.97 Å². The van der Waals surface area contributed by atoms with Crippen LogP contribution in [0, 0.1) is 0 Å². The number of hydrogen-bond acceptors (Lipinski definition) is 3. The van der Waals surface area contributed by atoms with E-state index in [2.05, 4.69) is 9.97 Å². The molecule has 0 bridgehead atoms. The Kier molecular flexibility index (Phi) is 3.29. The Morgan fingerprint density at radius 3 is 2.44 bits per heavy atom. The molecule has 0 saturated heterocycles. The Hall–Kier alpha value is -1.95. The first-order chi connectivity index (χ1) is 8.50. The lowest BCUT2D eigenvalue weighted by Crippen LogP contribution is -2.13. The van der Waals surface area contributed by atoms with Crippen molar-refractivity contribution in [2.24, 2.45) is 0 Å². The molecule has 1 unspecified atom stereocenters. The maximum atomic E-state index is 12.8. The van der Waals surface area contributed by atoms with Gasteiger partial charge in [-0.3, -0.25) is 0 Å². The molecule has 0 saturated carbocycles. The number of aromatic nitrogens is 2. The van der Waals surface area contributed by atoms with Crippen LogP contribution >= 0.6 is 0 Å². The van der Waals surface area contributed by atoms with Gasteiger partial charge >= 0.3 is 6.18 Å². The Balaban J connectivity index is 2.46. The van der Waals surface area contributed by atoms with Crippen LogP contribution in [-0.4, -0.2) is 15.1 Å². The van der Waals surface area contributed by atoms with Crippen molar-refractivity contribution in [2.45, 2.75) is 12.3 Å². The highest BCUT2D eigenvalue weighted by molar-refractivity contribution is 5.35. The van der Waals surface area contributed by atoms with Gasteiger partial charge in [0.15, 0.2) is 0 Å². The minimum absolute atomic E-state index is 0.127. The SMILES string of the molecule is OC(c1ccncn1)c1ccccc1C(F)(F)F. The van der Waals surface area contributed by atoms with Crippen LogP contribution in [0.3, 0.4) is 0 Å². The molecule has 0 aliphatic heterocycles. The van der Waals surface area contributed by atoms with Gasteiger partial charge in [0.1, 0.15) is 12.4 Å². The topological polar surface area (TPSA) is 46.0 Å². The fourth-order valence-electron chi connectivity index (χ4n) is 1.62. The summed E-state index contributed by atoms with van der Waals surface area (Å²) in [6, 6.07) is 6.25. The van der Waals surface area contributed by atoms with Crippen LogP contribution in [-0.2, 0) is 6.18 Å². The fourth-order valence-corrected chi connectivity index (χ4v) is 1.62. The van der Waals surface area contributed by atoms with Crippen LogP contribution < -0.4 is 0 Å². The largest absolute Gasteiger partial charge is 0.416 e. The van der Waals surface area contributed by atoms with Crippen molar-refractivity contribution in [3.8, 4) is 0 Å². The van der Waals surface area contributed by atoms with E-state index in [9.17, 15) is 18.3 Å². The molecule has 0 amide bonds. The van der Waals surface area contributed by atoms with Crippen molar-refractivity contribution < 1.29 is 18.3 Å². The van der Waals surface area contributed by atoms with Crippen molar-refractivity contribution in [1.82, 2.24) is 9.97 Å². The molecule has 2 rings (SSSR count). The number of halogens is 3. The second-order valence-corrected chi connectivity index (χ2v) is 3.62. The molecule has 3 nitrogen and oxygen atoms in total. The molecular weight excluding hydrogens is 245 g/mol. The molecule has 18 heavy (non-hydrogen) atoms. The molecule has 1 aromatic heterocycles. The highest BCUT2D eigenvalue weighted by atomic mass is 19.4. The highest BCUT2D eigenvalue weighted by Crippen LogP contribution is 2.35. The fraction of sp³-hybridized carbons (Fsp3) is 0.167. The van der Waals surface area contributed by atoms with E-state index in [1.807, 2.05) is 0 Å². The number of alkyl halides is 3. The molecule has 1 aromatic carbocycles. The number of aliphatic hydroxyl groups is 1. The lowest BCUT2D eigenvalue weighted by Gasteiger charge is -2.16. The molecule has 0 spiro atoms. The normalized spacial score (nSPS) is 13.3. The molecular formula is C12H9F3N2O. The zero-order valence-corrected chi connectivity index (χ0v) is 9.09. The van der Waals surface area contributed by atoms with E-state index in [4.69, 9.17) is 0 Å². The molecule has 2 aromatic rings. The lowest BCUT2D eigenvalue weighted by molar-refractivity contribution is -0.139. The number of rotatable bonds is 2.